The number of nitrogens with zero attached hydrogens (tertiary/aromatic N) is 3. The number of hydrogen-bond acceptors (Lipinski definition) is 7. The van der Waals surface area contributed by atoms with E-state index in [9.17, 15) is 17.6 Å². The van der Waals surface area contributed by atoms with E-state index in [1.807, 2.05) is 0 Å². The van der Waals surface area contributed by atoms with E-state index in [0.29, 0.717) is 42.2 Å². The van der Waals surface area contributed by atoms with Gasteiger partial charge in [-0.2, -0.15) is 4.98 Å². The molecular formula is C17H20BrFN6O3S. The van der Waals surface area contributed by atoms with Crippen LogP contribution in [-0.2, 0) is 10.0 Å². The molecule has 156 valence electrons. The second-order valence-corrected chi connectivity index (χ2v) is 9.46. The van der Waals surface area contributed by atoms with E-state index < -0.39 is 21.7 Å². The van der Waals surface area contributed by atoms with Crippen LogP contribution in [0.1, 0.15) is 23.2 Å². The average Bonchev–Trinajstić information content (AvgIpc) is 2.64. The molecule has 1 aliphatic heterocycles. The molecule has 1 amide bonds. The van der Waals surface area contributed by atoms with Crippen molar-refractivity contribution in [3.05, 3.63) is 40.2 Å². The van der Waals surface area contributed by atoms with Crippen LogP contribution in [0.25, 0.3) is 0 Å². The number of benzene rings is 1. The second-order valence-electron chi connectivity index (χ2n) is 6.62. The quantitative estimate of drug-likeness (QED) is 0.569. The summed E-state index contributed by atoms with van der Waals surface area (Å²) in [6, 6.07) is 4.13. The lowest BCUT2D eigenvalue weighted by atomic mass is 10.1. The van der Waals surface area contributed by atoms with Crippen molar-refractivity contribution < 1.29 is 17.6 Å². The molecule has 9 nitrogen and oxygen atoms in total. The van der Waals surface area contributed by atoms with Crippen molar-refractivity contribution in [1.82, 2.24) is 14.3 Å². The number of anilines is 3. The van der Waals surface area contributed by atoms with Gasteiger partial charge in [0.15, 0.2) is 0 Å². The van der Waals surface area contributed by atoms with Gasteiger partial charge < -0.3 is 16.4 Å². The van der Waals surface area contributed by atoms with Crippen LogP contribution < -0.4 is 16.4 Å². The molecule has 0 spiro atoms. The highest BCUT2D eigenvalue weighted by atomic mass is 79.9. The molecule has 0 aliphatic carbocycles. The van der Waals surface area contributed by atoms with Crippen LogP contribution in [0, 0.1) is 5.82 Å². The zero-order valence-corrected chi connectivity index (χ0v) is 17.9. The lowest BCUT2D eigenvalue weighted by Crippen LogP contribution is -2.42. The Morgan fingerprint density at radius 2 is 2.03 bits per heavy atom. The Labute approximate surface area is 176 Å². The van der Waals surface area contributed by atoms with Gasteiger partial charge in [0, 0.05) is 25.3 Å². The fourth-order valence-corrected chi connectivity index (χ4v) is 4.21. The number of aromatic nitrogens is 2. The van der Waals surface area contributed by atoms with Gasteiger partial charge in [-0.1, -0.05) is 6.07 Å². The van der Waals surface area contributed by atoms with Crippen molar-refractivity contribution in [3.63, 3.8) is 0 Å². The molecule has 2 heterocycles. The highest BCUT2D eigenvalue weighted by Crippen LogP contribution is 2.28. The van der Waals surface area contributed by atoms with Crippen molar-refractivity contribution in [2.75, 3.05) is 30.0 Å². The summed E-state index contributed by atoms with van der Waals surface area (Å²) in [5.74, 6) is -0.981. The Morgan fingerprint density at radius 3 is 2.66 bits per heavy atom. The molecule has 29 heavy (non-hydrogen) atoms. The topological polar surface area (TPSA) is 130 Å². The third kappa shape index (κ3) is 5.19. The van der Waals surface area contributed by atoms with Crippen molar-refractivity contribution in [2.45, 2.75) is 18.9 Å². The minimum Gasteiger partial charge on any atom is -0.365 e. The monoisotopic (exact) mass is 486 g/mol. The first-order chi connectivity index (χ1) is 13.6. The number of nitrogens with one attached hydrogen (secondary N) is 2. The van der Waals surface area contributed by atoms with Gasteiger partial charge in [0.1, 0.15) is 11.6 Å². The summed E-state index contributed by atoms with van der Waals surface area (Å²) in [4.78, 5) is 20.2. The van der Waals surface area contributed by atoms with E-state index in [1.165, 1.54) is 28.9 Å². The van der Waals surface area contributed by atoms with Crippen LogP contribution >= 0.6 is 15.9 Å². The second kappa shape index (κ2) is 8.59. The lowest BCUT2D eigenvalue weighted by molar-refractivity contribution is 0.0997. The van der Waals surface area contributed by atoms with Gasteiger partial charge in [0.25, 0.3) is 5.91 Å². The summed E-state index contributed by atoms with van der Waals surface area (Å²) in [5, 5.41) is 6.09. The summed E-state index contributed by atoms with van der Waals surface area (Å²) < 4.78 is 39.1. The van der Waals surface area contributed by atoms with E-state index >= 15 is 0 Å². The molecule has 1 aromatic carbocycles. The molecule has 1 fully saturated rings. The number of amides is 1. The van der Waals surface area contributed by atoms with Crippen LogP contribution in [0.2, 0.25) is 0 Å². The molecular weight excluding hydrogens is 467 g/mol. The fourth-order valence-electron chi connectivity index (χ4n) is 3.04. The van der Waals surface area contributed by atoms with Gasteiger partial charge in [-0.15, -0.1) is 0 Å². The van der Waals surface area contributed by atoms with Crippen LogP contribution in [0.5, 0.6) is 0 Å². The predicted molar refractivity (Wildman–Crippen MR) is 111 cm³/mol. The number of nitrogens with two attached hydrogens (primary N) is 1. The van der Waals surface area contributed by atoms with Crippen LogP contribution in [0.15, 0.2) is 28.9 Å². The lowest BCUT2D eigenvalue weighted by Gasteiger charge is -2.30. The molecule has 0 saturated carbocycles. The predicted octanol–water partition coefficient (Wildman–Crippen LogP) is 2.06. The first-order valence-corrected chi connectivity index (χ1v) is 11.4. The van der Waals surface area contributed by atoms with Gasteiger partial charge in [0.2, 0.25) is 16.0 Å². The zero-order chi connectivity index (χ0) is 21.2. The molecule has 1 aromatic heterocycles. The minimum absolute atomic E-state index is 0.0115. The number of hydrogen-bond donors (Lipinski definition) is 3. The minimum atomic E-state index is -3.19. The summed E-state index contributed by atoms with van der Waals surface area (Å²) in [6.07, 6.45) is 3.95. The van der Waals surface area contributed by atoms with Crippen molar-refractivity contribution in [2.24, 2.45) is 5.73 Å². The maximum atomic E-state index is 14.0. The molecule has 4 N–H and O–H groups in total. The van der Waals surface area contributed by atoms with Crippen LogP contribution in [0.3, 0.4) is 0 Å². The van der Waals surface area contributed by atoms with Crippen LogP contribution in [0.4, 0.5) is 21.8 Å². The van der Waals surface area contributed by atoms with Crippen molar-refractivity contribution in [1.29, 1.82) is 0 Å². The molecule has 1 saturated heterocycles. The summed E-state index contributed by atoms with van der Waals surface area (Å²) in [6.45, 7) is 0.840. The summed E-state index contributed by atoms with van der Waals surface area (Å²) in [5.41, 5.74) is 5.20. The van der Waals surface area contributed by atoms with Gasteiger partial charge in [-0.25, -0.2) is 22.1 Å². The van der Waals surface area contributed by atoms with Gasteiger partial charge >= 0.3 is 0 Å². The maximum absolute atomic E-state index is 14.0. The number of piperidine rings is 1. The maximum Gasteiger partial charge on any atom is 0.253 e. The first-order valence-electron chi connectivity index (χ1n) is 8.74. The highest BCUT2D eigenvalue weighted by Gasteiger charge is 2.25. The normalized spacial score (nSPS) is 15.8. The molecule has 2 aromatic rings. The molecule has 0 bridgehead atoms. The molecule has 0 atom stereocenters. The standard InChI is InChI=1S/C17H20BrFN6O3S/c1-29(27,28)25-7-5-10(6-8-25)22-17-21-9-11(18)16(24-17)23-13-4-2-3-12(19)14(13)15(20)26/h2-4,9-10H,5-8H2,1H3,(H2,20,26)(H2,21,22,23,24). The third-order valence-corrected chi connectivity index (χ3v) is 6.40. The Kier molecular flexibility index (Phi) is 6.34. The van der Waals surface area contributed by atoms with Gasteiger partial charge in [-0.05, 0) is 40.9 Å². The van der Waals surface area contributed by atoms with E-state index in [-0.39, 0.29) is 17.3 Å². The van der Waals surface area contributed by atoms with E-state index in [1.54, 1.807) is 0 Å². The first kappa shape index (κ1) is 21.4. The van der Waals surface area contributed by atoms with Crippen molar-refractivity contribution in [3.8, 4) is 0 Å². The molecule has 0 unspecified atom stereocenters. The van der Waals surface area contributed by atoms with E-state index in [4.69, 9.17) is 5.73 Å². The highest BCUT2D eigenvalue weighted by molar-refractivity contribution is 9.10. The van der Waals surface area contributed by atoms with Gasteiger partial charge in [-0.3, -0.25) is 4.79 Å². The molecule has 1 aliphatic rings. The van der Waals surface area contributed by atoms with Gasteiger partial charge in [0.05, 0.1) is 22.0 Å². The van der Waals surface area contributed by atoms with E-state index in [0.717, 1.165) is 6.07 Å². The Hall–Kier alpha value is -2.31. The molecule has 12 heteroatoms. The SMILES string of the molecule is CS(=O)(=O)N1CCC(Nc2ncc(Br)c(Nc3cccc(F)c3C(N)=O)n2)CC1. The third-order valence-electron chi connectivity index (χ3n) is 4.51. The Bertz CT molecular complexity index is 1030. The number of rotatable bonds is 6. The summed E-state index contributed by atoms with van der Waals surface area (Å²) in [7, 11) is -3.19. The Balaban J connectivity index is 1.75. The number of halogens is 2. The molecule has 3 rings (SSSR count). The summed E-state index contributed by atoms with van der Waals surface area (Å²) >= 11 is 3.32. The number of sulfonamides is 1. The average molecular weight is 487 g/mol. The number of carbonyl (C=O) groups excluding carboxylic acids is 1. The smallest absolute Gasteiger partial charge is 0.253 e. The van der Waals surface area contributed by atoms with Crippen molar-refractivity contribution >= 4 is 49.3 Å². The Morgan fingerprint density at radius 1 is 1.34 bits per heavy atom. The zero-order valence-electron chi connectivity index (χ0n) is 15.5. The fraction of sp³-hybridized carbons (Fsp3) is 0.353. The largest absolute Gasteiger partial charge is 0.365 e. The number of carbonyl (C=O) groups is 1. The van der Waals surface area contributed by atoms with E-state index in [2.05, 4.69) is 36.5 Å². The van der Waals surface area contributed by atoms with Crippen LogP contribution in [-0.4, -0.2) is 54.0 Å². The number of primary amides is 1. The molecule has 0 radical (unpaired) electrons.